The third-order valence-electron chi connectivity index (χ3n) is 8.76. The molecular weight excluding hydrogens is 748 g/mol. The van der Waals surface area contributed by atoms with Crippen molar-refractivity contribution >= 4 is 72.7 Å². The maximum absolute atomic E-state index is 13.8. The number of hydrogen-bond acceptors (Lipinski definition) is 10. The summed E-state index contributed by atoms with van der Waals surface area (Å²) >= 11 is 7.25. The van der Waals surface area contributed by atoms with Crippen LogP contribution in [0.3, 0.4) is 0 Å². The predicted octanol–water partition coefficient (Wildman–Crippen LogP) is 4.74. The number of nitro groups is 2. The summed E-state index contributed by atoms with van der Waals surface area (Å²) in [7, 11) is 0. The van der Waals surface area contributed by atoms with E-state index < -0.39 is 57.7 Å². The minimum absolute atomic E-state index is 0.0565. The summed E-state index contributed by atoms with van der Waals surface area (Å²) < 4.78 is 5.30. The normalized spacial score (nSPS) is 24.2. The highest BCUT2D eigenvalue weighted by molar-refractivity contribution is 9.12. The Labute approximate surface area is 282 Å². The summed E-state index contributed by atoms with van der Waals surface area (Å²) in [5.41, 5.74) is -0.411. The number of alkyl halides is 2. The first-order chi connectivity index (χ1) is 22.4. The lowest BCUT2D eigenvalue weighted by Gasteiger charge is -2.30. The summed E-state index contributed by atoms with van der Waals surface area (Å²) in [4.78, 5) is 88.1. The van der Waals surface area contributed by atoms with E-state index in [1.54, 1.807) is 0 Å². The number of ketones is 1. The molecule has 0 aromatic heterocycles. The number of nitro benzene ring substituents is 2. The highest BCUT2D eigenvalue weighted by atomic mass is 79.9. The highest BCUT2D eigenvalue weighted by Crippen LogP contribution is 2.60. The van der Waals surface area contributed by atoms with Crippen LogP contribution in [0.25, 0.3) is 0 Å². The van der Waals surface area contributed by atoms with Crippen molar-refractivity contribution in [2.45, 2.75) is 16.1 Å². The average Bonchev–Trinajstić information content (AvgIpc) is 3.68. The lowest BCUT2D eigenvalue weighted by molar-refractivity contribution is -0.385. The molecule has 0 spiro atoms. The average molecular weight is 770 g/mol. The van der Waals surface area contributed by atoms with Gasteiger partial charge >= 0.3 is 5.97 Å². The maximum Gasteiger partial charge on any atom is 0.343 e. The minimum Gasteiger partial charge on any atom is -0.423 e. The number of fused-ring (bicyclic) bond motifs is 5. The van der Waals surface area contributed by atoms with Gasteiger partial charge in [0.25, 0.3) is 29.1 Å². The minimum atomic E-state index is -0.873. The Morgan fingerprint density at radius 2 is 1.19 bits per heavy atom. The molecule has 6 atom stereocenters. The Hall–Kier alpha value is -4.83. The fraction of sp³-hybridized carbons (Fsp3) is 0.258. The molecule has 3 aromatic rings. The lowest BCUT2D eigenvalue weighted by Crippen LogP contribution is -2.52. The molecule has 3 amide bonds. The van der Waals surface area contributed by atoms with Gasteiger partial charge in [0.2, 0.25) is 0 Å². The van der Waals surface area contributed by atoms with Gasteiger partial charge in [0.05, 0.1) is 27.2 Å². The molecule has 240 valence electrons. The number of ether oxygens (including phenoxy) is 1. The molecule has 0 unspecified atom stereocenters. The van der Waals surface area contributed by atoms with E-state index in [0.29, 0.717) is 6.42 Å². The van der Waals surface area contributed by atoms with Crippen molar-refractivity contribution in [3.63, 3.8) is 0 Å². The number of carbonyl (C=O) groups is 5. The Bertz CT molecular complexity index is 1800. The summed E-state index contributed by atoms with van der Waals surface area (Å²) in [5, 5.41) is 23.5. The van der Waals surface area contributed by atoms with Gasteiger partial charge in [0, 0.05) is 45.0 Å². The molecule has 47 heavy (non-hydrogen) atoms. The Morgan fingerprint density at radius 1 is 0.745 bits per heavy atom. The van der Waals surface area contributed by atoms with Gasteiger partial charge in [0.1, 0.15) is 12.3 Å². The van der Waals surface area contributed by atoms with E-state index in [1.165, 1.54) is 48.5 Å². The molecule has 0 N–H and O–H groups in total. The van der Waals surface area contributed by atoms with E-state index in [9.17, 15) is 44.2 Å². The van der Waals surface area contributed by atoms with Gasteiger partial charge in [0.15, 0.2) is 5.78 Å². The van der Waals surface area contributed by atoms with E-state index >= 15 is 0 Å². The molecule has 2 saturated carbocycles. The van der Waals surface area contributed by atoms with Gasteiger partial charge in [-0.2, -0.15) is 5.01 Å². The van der Waals surface area contributed by atoms with E-state index in [-0.39, 0.29) is 55.3 Å². The van der Waals surface area contributed by atoms with Gasteiger partial charge in [-0.15, -0.1) is 0 Å². The smallest absolute Gasteiger partial charge is 0.343 e. The van der Waals surface area contributed by atoms with Gasteiger partial charge in [-0.05, 0) is 66.8 Å². The van der Waals surface area contributed by atoms with Crippen molar-refractivity contribution < 1.29 is 38.6 Å². The molecule has 6 rings (SSSR count). The third kappa shape index (κ3) is 5.71. The molecule has 1 heterocycles. The predicted molar refractivity (Wildman–Crippen MR) is 169 cm³/mol. The van der Waals surface area contributed by atoms with Crippen molar-refractivity contribution in [3.8, 4) is 5.75 Å². The van der Waals surface area contributed by atoms with Crippen LogP contribution in [0.5, 0.6) is 5.75 Å². The number of esters is 1. The van der Waals surface area contributed by atoms with Crippen LogP contribution >= 0.6 is 31.9 Å². The number of non-ortho nitro benzene ring substituents is 2. The number of hydrogen-bond donors (Lipinski definition) is 0. The summed E-state index contributed by atoms with van der Waals surface area (Å²) in [6.07, 6.45) is 0.656. The van der Waals surface area contributed by atoms with Crippen LogP contribution in [0.4, 0.5) is 11.4 Å². The number of hydrazine groups is 1. The standard InChI is InChI=1S/C31H22Br2N4O10/c32-26-21-13-22(27(26)33)25-24(21)29(40)35(30(25)41)34(28(39)16-1-7-18(8-2-16)36(43)44)14-23(38)15-5-11-20(12-6-15)47-31(42)17-3-9-19(10-4-17)37(45)46/h1-12,21-22,24-27H,13-14H2/t21-,22-,24-,25+,26-,27+/m1/s1. The Balaban J connectivity index is 1.23. The number of Topliss-reactive ketones (excluding diaryl/α,β-unsaturated/α-hetero) is 1. The molecule has 16 heteroatoms. The monoisotopic (exact) mass is 768 g/mol. The van der Waals surface area contributed by atoms with Gasteiger partial charge in [-0.3, -0.25) is 39.4 Å². The fourth-order valence-electron chi connectivity index (χ4n) is 6.50. The first-order valence-corrected chi connectivity index (χ1v) is 16.0. The van der Waals surface area contributed by atoms with Crippen LogP contribution in [0, 0.1) is 43.9 Å². The van der Waals surface area contributed by atoms with Gasteiger partial charge in [-0.25, -0.2) is 9.80 Å². The molecule has 0 radical (unpaired) electrons. The Morgan fingerprint density at radius 3 is 1.66 bits per heavy atom. The second kappa shape index (κ2) is 12.4. The topological polar surface area (TPSA) is 187 Å². The van der Waals surface area contributed by atoms with Crippen LogP contribution in [-0.2, 0) is 9.59 Å². The van der Waals surface area contributed by atoms with E-state index in [2.05, 4.69) is 31.9 Å². The third-order valence-corrected chi connectivity index (χ3v) is 12.0. The van der Waals surface area contributed by atoms with Crippen LogP contribution in [0.1, 0.15) is 37.5 Å². The maximum atomic E-state index is 13.8. The van der Waals surface area contributed by atoms with Crippen LogP contribution in [-0.4, -0.2) is 65.5 Å². The van der Waals surface area contributed by atoms with Gasteiger partial charge in [-0.1, -0.05) is 31.9 Å². The van der Waals surface area contributed by atoms with E-state index in [1.807, 2.05) is 0 Å². The fourth-order valence-corrected chi connectivity index (χ4v) is 8.37. The van der Waals surface area contributed by atoms with Crippen molar-refractivity contribution in [3.05, 3.63) is 110 Å². The molecule has 14 nitrogen and oxygen atoms in total. The summed E-state index contributed by atoms with van der Waals surface area (Å²) in [6, 6.07) is 14.7. The number of rotatable bonds is 9. The number of benzene rings is 3. The molecule has 1 aliphatic heterocycles. The lowest BCUT2D eigenvalue weighted by atomic mass is 9.81. The Kier molecular flexibility index (Phi) is 8.48. The summed E-state index contributed by atoms with van der Waals surface area (Å²) in [5.74, 6) is -5.07. The van der Waals surface area contributed by atoms with E-state index in [4.69, 9.17) is 4.74 Å². The first kappa shape index (κ1) is 32.1. The number of amides is 3. The summed E-state index contributed by atoms with van der Waals surface area (Å²) in [6.45, 7) is -0.709. The quantitative estimate of drug-likeness (QED) is 0.0560. The van der Waals surface area contributed by atoms with Crippen molar-refractivity contribution in [2.24, 2.45) is 23.7 Å². The number of imide groups is 1. The second-order valence-corrected chi connectivity index (χ2v) is 13.4. The van der Waals surface area contributed by atoms with Crippen LogP contribution in [0.15, 0.2) is 72.8 Å². The highest BCUT2D eigenvalue weighted by Gasteiger charge is 2.67. The van der Waals surface area contributed by atoms with Crippen molar-refractivity contribution in [2.75, 3.05) is 6.54 Å². The zero-order valence-corrected chi connectivity index (χ0v) is 27.1. The van der Waals surface area contributed by atoms with Crippen molar-refractivity contribution in [1.29, 1.82) is 0 Å². The molecule has 2 aliphatic carbocycles. The zero-order chi connectivity index (χ0) is 33.7. The SMILES string of the molecule is O=C(CN(C(=O)c1ccc([N+](=O)[O-])cc1)N1C(=O)[C@@H]2[C@H]3C[C@@H]([C@H](Br)[C@@H]3Br)[C@@H]2C1=O)c1ccc(OC(=O)c2ccc([N+](=O)[O-])cc2)cc1. The second-order valence-electron chi connectivity index (χ2n) is 11.3. The van der Waals surface area contributed by atoms with Crippen LogP contribution < -0.4 is 4.74 Å². The van der Waals surface area contributed by atoms with Gasteiger partial charge < -0.3 is 4.74 Å². The zero-order valence-electron chi connectivity index (χ0n) is 23.9. The van der Waals surface area contributed by atoms with Crippen LogP contribution in [0.2, 0.25) is 0 Å². The van der Waals surface area contributed by atoms with E-state index in [0.717, 1.165) is 34.3 Å². The molecule has 1 saturated heterocycles. The van der Waals surface area contributed by atoms with Crippen molar-refractivity contribution in [1.82, 2.24) is 10.0 Å². The largest absolute Gasteiger partial charge is 0.423 e. The number of halogens is 2. The molecule has 3 aromatic carbocycles. The molecule has 3 aliphatic rings. The number of carbonyl (C=O) groups excluding carboxylic acids is 5. The molecular formula is C31H22Br2N4O10. The number of nitrogens with zero attached hydrogens (tertiary/aromatic N) is 4. The molecule has 2 bridgehead atoms. The first-order valence-electron chi connectivity index (χ1n) is 14.2. The molecule has 3 fully saturated rings.